The van der Waals surface area contributed by atoms with Gasteiger partial charge in [0.2, 0.25) is 5.76 Å². The van der Waals surface area contributed by atoms with Gasteiger partial charge in [0.1, 0.15) is 0 Å². The van der Waals surface area contributed by atoms with Gasteiger partial charge in [-0.25, -0.2) is 4.79 Å². The lowest BCUT2D eigenvalue weighted by molar-refractivity contribution is -0.135. The number of carboxylic acid groups (broad SMARTS) is 1. The molecule has 0 atom stereocenters. The first kappa shape index (κ1) is 14.0. The molecular formula is C15H12O4S. The summed E-state index contributed by atoms with van der Waals surface area (Å²) in [6, 6.07) is 11.5. The molecule has 1 aromatic carbocycles. The number of aliphatic carboxylic acids is 1. The second kappa shape index (κ2) is 6.16. The summed E-state index contributed by atoms with van der Waals surface area (Å²) in [5.74, 6) is -2.98. The van der Waals surface area contributed by atoms with Gasteiger partial charge in [-0.3, -0.25) is 4.79 Å². The Morgan fingerprint density at radius 3 is 2.50 bits per heavy atom. The van der Waals surface area contributed by atoms with E-state index >= 15 is 0 Å². The van der Waals surface area contributed by atoms with Crippen LogP contribution in [0.3, 0.4) is 0 Å². The predicted molar refractivity (Wildman–Crippen MR) is 76.2 cm³/mol. The third kappa shape index (κ3) is 3.55. The Labute approximate surface area is 119 Å². The number of ketones is 1. The summed E-state index contributed by atoms with van der Waals surface area (Å²) in [4.78, 5) is 23.2. The Hall–Kier alpha value is -2.40. The molecular weight excluding hydrogens is 276 g/mol. The molecule has 0 bridgehead atoms. The number of allylic oxidation sites excluding steroid dienone is 1. The van der Waals surface area contributed by atoms with Gasteiger partial charge in [-0.05, 0) is 11.6 Å². The van der Waals surface area contributed by atoms with Gasteiger partial charge in [0.15, 0.2) is 5.78 Å². The molecule has 5 heteroatoms. The van der Waals surface area contributed by atoms with Crippen LogP contribution in [0.4, 0.5) is 0 Å². The molecule has 20 heavy (non-hydrogen) atoms. The van der Waals surface area contributed by atoms with E-state index in [1.807, 2.05) is 30.3 Å². The molecule has 0 aliphatic rings. The molecule has 102 valence electrons. The van der Waals surface area contributed by atoms with E-state index in [0.29, 0.717) is 12.0 Å². The molecule has 0 amide bonds. The van der Waals surface area contributed by atoms with Crippen molar-refractivity contribution in [2.75, 3.05) is 0 Å². The van der Waals surface area contributed by atoms with Gasteiger partial charge in [-0.15, -0.1) is 11.3 Å². The highest BCUT2D eigenvalue weighted by molar-refractivity contribution is 7.10. The number of thiophene rings is 1. The highest BCUT2D eigenvalue weighted by Gasteiger charge is 2.11. The van der Waals surface area contributed by atoms with Crippen molar-refractivity contribution in [3.05, 3.63) is 69.6 Å². The number of hydrogen-bond acceptors (Lipinski definition) is 4. The smallest absolute Gasteiger partial charge is 0.371 e. The normalized spacial score (nSPS) is 11.3. The van der Waals surface area contributed by atoms with Crippen molar-refractivity contribution < 1.29 is 19.8 Å². The summed E-state index contributed by atoms with van der Waals surface area (Å²) in [5, 5.41) is 19.2. The first-order valence-electron chi connectivity index (χ1n) is 5.86. The number of carboxylic acids is 1. The summed E-state index contributed by atoms with van der Waals surface area (Å²) >= 11 is 1.43. The quantitative estimate of drug-likeness (QED) is 0.504. The maximum Gasteiger partial charge on any atom is 0.371 e. The zero-order valence-electron chi connectivity index (χ0n) is 10.4. The largest absolute Gasteiger partial charge is 0.502 e. The minimum absolute atomic E-state index is 0.383. The van der Waals surface area contributed by atoms with Crippen LogP contribution in [0.15, 0.2) is 53.6 Å². The van der Waals surface area contributed by atoms with Crippen molar-refractivity contribution in [2.45, 2.75) is 6.42 Å². The second-order valence-corrected chi connectivity index (χ2v) is 5.16. The van der Waals surface area contributed by atoms with E-state index < -0.39 is 17.5 Å². The number of carbonyl (C=O) groups is 2. The van der Waals surface area contributed by atoms with Crippen LogP contribution < -0.4 is 0 Å². The summed E-state index contributed by atoms with van der Waals surface area (Å²) < 4.78 is 0. The first-order chi connectivity index (χ1) is 9.56. The second-order valence-electron chi connectivity index (χ2n) is 4.16. The van der Waals surface area contributed by atoms with E-state index in [0.717, 1.165) is 16.5 Å². The Balaban J connectivity index is 2.11. The van der Waals surface area contributed by atoms with Crippen LogP contribution in [0.5, 0.6) is 0 Å². The molecule has 1 aromatic heterocycles. The highest BCUT2D eigenvalue weighted by Crippen LogP contribution is 2.19. The lowest BCUT2D eigenvalue weighted by Gasteiger charge is -1.96. The zero-order valence-corrected chi connectivity index (χ0v) is 11.3. The molecule has 2 rings (SSSR count). The lowest BCUT2D eigenvalue weighted by Crippen LogP contribution is -2.03. The van der Waals surface area contributed by atoms with Crippen LogP contribution in [0.1, 0.15) is 20.8 Å². The summed E-state index contributed by atoms with van der Waals surface area (Å²) in [6.07, 6.45) is 1.43. The van der Waals surface area contributed by atoms with Gasteiger partial charge >= 0.3 is 5.97 Å². The number of aliphatic hydroxyl groups is 1. The summed E-state index contributed by atoms with van der Waals surface area (Å²) in [7, 11) is 0. The van der Waals surface area contributed by atoms with Crippen LogP contribution in [0.25, 0.3) is 0 Å². The molecule has 0 fully saturated rings. The predicted octanol–water partition coefficient (Wildman–Crippen LogP) is 3.05. The van der Waals surface area contributed by atoms with Crippen LogP contribution in [-0.4, -0.2) is 22.0 Å². The maximum absolute atomic E-state index is 11.7. The molecule has 0 saturated heterocycles. The van der Waals surface area contributed by atoms with E-state index in [1.54, 1.807) is 11.4 Å². The third-order valence-electron chi connectivity index (χ3n) is 2.65. The fourth-order valence-corrected chi connectivity index (χ4v) is 2.58. The van der Waals surface area contributed by atoms with Crippen LogP contribution in [0.2, 0.25) is 0 Å². The fraction of sp³-hybridized carbons (Fsp3) is 0.0667. The first-order valence-corrected chi connectivity index (χ1v) is 6.74. The molecule has 0 radical (unpaired) electrons. The molecule has 4 nitrogen and oxygen atoms in total. The molecule has 2 N–H and O–H groups in total. The number of rotatable bonds is 5. The van der Waals surface area contributed by atoms with Crippen LogP contribution >= 0.6 is 11.3 Å². The van der Waals surface area contributed by atoms with Crippen molar-refractivity contribution >= 4 is 23.1 Å². The SMILES string of the molecule is O=C(O)/C(O)=C/C(=O)c1csc(Cc2ccccc2)c1. The van der Waals surface area contributed by atoms with Gasteiger partial charge in [0.05, 0.1) is 0 Å². The number of hydrogen-bond donors (Lipinski definition) is 2. The highest BCUT2D eigenvalue weighted by atomic mass is 32.1. The van der Waals surface area contributed by atoms with E-state index in [-0.39, 0.29) is 0 Å². The lowest BCUT2D eigenvalue weighted by atomic mass is 10.1. The third-order valence-corrected chi connectivity index (χ3v) is 3.58. The number of aliphatic hydroxyl groups excluding tert-OH is 1. The van der Waals surface area contributed by atoms with E-state index in [2.05, 4.69) is 0 Å². The minimum Gasteiger partial charge on any atom is -0.502 e. The number of carbonyl (C=O) groups excluding carboxylic acids is 1. The van der Waals surface area contributed by atoms with Crippen molar-refractivity contribution in [3.8, 4) is 0 Å². The zero-order chi connectivity index (χ0) is 14.5. The summed E-state index contributed by atoms with van der Waals surface area (Å²) in [5.41, 5.74) is 1.52. The van der Waals surface area contributed by atoms with Gasteiger partial charge in [-0.1, -0.05) is 30.3 Å². The molecule has 1 heterocycles. The Kier molecular flexibility index (Phi) is 4.32. The Morgan fingerprint density at radius 1 is 1.15 bits per heavy atom. The van der Waals surface area contributed by atoms with E-state index in [4.69, 9.17) is 10.2 Å². The molecule has 0 spiro atoms. The minimum atomic E-state index is -1.52. The molecule has 0 unspecified atom stereocenters. The molecule has 0 aliphatic heterocycles. The average Bonchev–Trinajstić information content (AvgIpc) is 2.88. The van der Waals surface area contributed by atoms with Crippen LogP contribution in [-0.2, 0) is 11.2 Å². The van der Waals surface area contributed by atoms with Crippen molar-refractivity contribution in [3.63, 3.8) is 0 Å². The maximum atomic E-state index is 11.7. The fourth-order valence-electron chi connectivity index (χ4n) is 1.67. The van der Waals surface area contributed by atoms with Crippen molar-refractivity contribution in [1.82, 2.24) is 0 Å². The average molecular weight is 288 g/mol. The molecule has 2 aromatic rings. The van der Waals surface area contributed by atoms with Gasteiger partial charge in [-0.2, -0.15) is 0 Å². The standard InChI is InChI=1S/C15H12O4S/c16-13(8-14(17)15(18)19)11-7-12(20-9-11)6-10-4-2-1-3-5-10/h1-5,7-9,17H,6H2,(H,18,19)/b14-8-. The van der Waals surface area contributed by atoms with Crippen LogP contribution in [0, 0.1) is 0 Å². The van der Waals surface area contributed by atoms with Crippen molar-refractivity contribution in [2.24, 2.45) is 0 Å². The van der Waals surface area contributed by atoms with E-state index in [1.165, 1.54) is 11.3 Å². The van der Waals surface area contributed by atoms with Gasteiger partial charge < -0.3 is 10.2 Å². The Morgan fingerprint density at radius 2 is 1.85 bits per heavy atom. The van der Waals surface area contributed by atoms with Crippen molar-refractivity contribution in [1.29, 1.82) is 0 Å². The Bertz CT molecular complexity index is 656. The number of benzene rings is 1. The molecule has 0 aliphatic carbocycles. The molecule has 0 saturated carbocycles. The topological polar surface area (TPSA) is 74.6 Å². The summed E-state index contributed by atoms with van der Waals surface area (Å²) in [6.45, 7) is 0. The monoisotopic (exact) mass is 288 g/mol. The van der Waals surface area contributed by atoms with Gasteiger partial charge in [0.25, 0.3) is 0 Å². The van der Waals surface area contributed by atoms with E-state index in [9.17, 15) is 9.59 Å². The van der Waals surface area contributed by atoms with Gasteiger partial charge in [0, 0.05) is 28.3 Å².